The predicted molar refractivity (Wildman–Crippen MR) is 83.8 cm³/mol. The highest BCUT2D eigenvalue weighted by molar-refractivity contribution is 7.89. The van der Waals surface area contributed by atoms with Crippen LogP contribution in [0.15, 0.2) is 23.1 Å². The molecule has 0 fully saturated rings. The van der Waals surface area contributed by atoms with E-state index < -0.39 is 10.0 Å². The molecule has 0 radical (unpaired) electrons. The molecule has 0 saturated heterocycles. The highest BCUT2D eigenvalue weighted by Crippen LogP contribution is 2.22. The van der Waals surface area contributed by atoms with Gasteiger partial charge in [0.05, 0.1) is 11.5 Å². The zero-order valence-corrected chi connectivity index (χ0v) is 13.9. The Morgan fingerprint density at radius 3 is 2.57 bits per heavy atom. The maximum absolute atomic E-state index is 12.4. The van der Waals surface area contributed by atoms with Crippen molar-refractivity contribution in [2.45, 2.75) is 31.3 Å². The average Bonchev–Trinajstić information content (AvgIpc) is 2.37. The Balaban J connectivity index is 2.98. The number of likely N-dealkylation sites (N-methyl/N-ethyl adjacent to an activating group) is 1. The molecule has 120 valence electrons. The van der Waals surface area contributed by atoms with Crippen molar-refractivity contribution in [2.75, 3.05) is 27.2 Å². The molecule has 0 spiro atoms. The maximum atomic E-state index is 12.4. The highest BCUT2D eigenvalue weighted by atomic mass is 32.2. The molecule has 0 aromatic heterocycles. The number of nitrogens with one attached hydrogen (secondary N) is 1. The molecule has 1 unspecified atom stereocenters. The summed E-state index contributed by atoms with van der Waals surface area (Å²) in [5.74, 6) is 0.625. The number of nitrogens with two attached hydrogens (primary N) is 1. The zero-order chi connectivity index (χ0) is 16.0. The van der Waals surface area contributed by atoms with Gasteiger partial charge < -0.3 is 15.4 Å². The first-order valence-electron chi connectivity index (χ1n) is 6.93. The first-order valence-corrected chi connectivity index (χ1v) is 8.41. The van der Waals surface area contributed by atoms with E-state index in [-0.39, 0.29) is 17.5 Å². The monoisotopic (exact) mass is 315 g/mol. The van der Waals surface area contributed by atoms with Gasteiger partial charge in [0.2, 0.25) is 10.0 Å². The average molecular weight is 315 g/mol. The molecule has 1 rings (SSSR count). The van der Waals surface area contributed by atoms with E-state index in [1.807, 2.05) is 32.8 Å². The van der Waals surface area contributed by atoms with Crippen LogP contribution in [0.4, 0.5) is 0 Å². The fraction of sp³-hybridized carbons (Fsp3) is 0.571. The van der Waals surface area contributed by atoms with Crippen LogP contribution in [0.25, 0.3) is 0 Å². The fourth-order valence-corrected chi connectivity index (χ4v) is 3.38. The van der Waals surface area contributed by atoms with Crippen LogP contribution in [0.2, 0.25) is 0 Å². The van der Waals surface area contributed by atoms with Crippen molar-refractivity contribution in [1.29, 1.82) is 0 Å². The zero-order valence-electron chi connectivity index (χ0n) is 13.1. The molecule has 0 saturated carbocycles. The Labute approximate surface area is 127 Å². The van der Waals surface area contributed by atoms with Crippen LogP contribution in [0, 0.1) is 0 Å². The maximum Gasteiger partial charge on any atom is 0.240 e. The lowest BCUT2D eigenvalue weighted by atomic mass is 10.2. The van der Waals surface area contributed by atoms with Gasteiger partial charge in [0.25, 0.3) is 0 Å². The number of sulfonamides is 1. The Morgan fingerprint density at radius 1 is 1.38 bits per heavy atom. The van der Waals surface area contributed by atoms with E-state index in [9.17, 15) is 8.42 Å². The minimum absolute atomic E-state index is 0.183. The fourth-order valence-electron chi connectivity index (χ4n) is 2.10. The number of nitrogens with zero attached hydrogens (tertiary/aromatic N) is 1. The van der Waals surface area contributed by atoms with Crippen LogP contribution < -0.4 is 15.2 Å². The van der Waals surface area contributed by atoms with Crippen LogP contribution in [0.5, 0.6) is 5.75 Å². The largest absolute Gasteiger partial charge is 0.494 e. The van der Waals surface area contributed by atoms with Crippen molar-refractivity contribution >= 4 is 10.0 Å². The van der Waals surface area contributed by atoms with Gasteiger partial charge in [-0.3, -0.25) is 0 Å². The van der Waals surface area contributed by atoms with Crippen LogP contribution in [-0.2, 0) is 16.6 Å². The Bertz CT molecular complexity index is 559. The van der Waals surface area contributed by atoms with Gasteiger partial charge in [-0.2, -0.15) is 0 Å². The minimum Gasteiger partial charge on any atom is -0.494 e. The summed E-state index contributed by atoms with van der Waals surface area (Å²) in [5.41, 5.74) is 6.34. The summed E-state index contributed by atoms with van der Waals surface area (Å²) in [7, 11) is 0.237. The number of hydrogen-bond donors (Lipinski definition) is 2. The Hall–Kier alpha value is -1.15. The normalized spacial score (nSPS) is 13.4. The SMILES string of the molecule is CCOc1ccc(S(=O)(=O)NC(C)CN(C)C)cc1CN. The van der Waals surface area contributed by atoms with E-state index in [1.165, 1.54) is 6.07 Å². The Kier molecular flexibility index (Phi) is 6.60. The van der Waals surface area contributed by atoms with E-state index in [0.29, 0.717) is 24.5 Å². The Morgan fingerprint density at radius 2 is 2.05 bits per heavy atom. The van der Waals surface area contributed by atoms with Crippen molar-refractivity contribution in [1.82, 2.24) is 9.62 Å². The molecule has 1 aromatic rings. The molecule has 6 nitrogen and oxygen atoms in total. The highest BCUT2D eigenvalue weighted by Gasteiger charge is 2.19. The number of hydrogen-bond acceptors (Lipinski definition) is 5. The lowest BCUT2D eigenvalue weighted by molar-refractivity contribution is 0.336. The van der Waals surface area contributed by atoms with Gasteiger partial charge in [0.15, 0.2) is 0 Å². The van der Waals surface area contributed by atoms with Crippen molar-refractivity contribution in [2.24, 2.45) is 5.73 Å². The van der Waals surface area contributed by atoms with E-state index in [0.717, 1.165) is 0 Å². The second kappa shape index (κ2) is 7.74. The standard InChI is InChI=1S/C14H25N3O3S/c1-5-20-14-7-6-13(8-12(14)9-15)21(18,19)16-11(2)10-17(3)4/h6-8,11,16H,5,9-10,15H2,1-4H3. The molecule has 0 heterocycles. The van der Waals surface area contributed by atoms with E-state index in [1.54, 1.807) is 12.1 Å². The second-order valence-corrected chi connectivity index (χ2v) is 6.91. The first-order chi connectivity index (χ1) is 9.80. The van der Waals surface area contributed by atoms with Crippen LogP contribution in [0.3, 0.4) is 0 Å². The topological polar surface area (TPSA) is 84.7 Å². The molecule has 21 heavy (non-hydrogen) atoms. The van der Waals surface area contributed by atoms with Gasteiger partial charge in [-0.25, -0.2) is 13.1 Å². The molecular weight excluding hydrogens is 290 g/mol. The van der Waals surface area contributed by atoms with Crippen molar-refractivity contribution in [3.8, 4) is 5.75 Å². The molecule has 3 N–H and O–H groups in total. The predicted octanol–water partition coefficient (Wildman–Crippen LogP) is 0.772. The summed E-state index contributed by atoms with van der Waals surface area (Å²) >= 11 is 0. The number of rotatable bonds is 8. The van der Waals surface area contributed by atoms with Gasteiger partial charge in [0.1, 0.15) is 5.75 Å². The lowest BCUT2D eigenvalue weighted by Gasteiger charge is -2.19. The molecule has 7 heteroatoms. The van der Waals surface area contributed by atoms with Crippen molar-refractivity contribution < 1.29 is 13.2 Å². The van der Waals surface area contributed by atoms with Crippen LogP contribution in [0.1, 0.15) is 19.4 Å². The summed E-state index contributed by atoms with van der Waals surface area (Å²) in [4.78, 5) is 2.13. The molecular formula is C14H25N3O3S. The molecule has 1 atom stereocenters. The third-order valence-corrected chi connectivity index (χ3v) is 4.44. The molecule has 0 aliphatic rings. The summed E-state index contributed by atoms with van der Waals surface area (Å²) in [6, 6.07) is 4.57. The second-order valence-electron chi connectivity index (χ2n) is 5.19. The molecule has 0 amide bonds. The van der Waals surface area contributed by atoms with Crippen LogP contribution in [-0.4, -0.2) is 46.6 Å². The van der Waals surface area contributed by atoms with E-state index in [4.69, 9.17) is 10.5 Å². The quantitative estimate of drug-likeness (QED) is 0.740. The van der Waals surface area contributed by atoms with Gasteiger partial charge in [-0.15, -0.1) is 0 Å². The van der Waals surface area contributed by atoms with E-state index >= 15 is 0 Å². The summed E-state index contributed by atoms with van der Waals surface area (Å²) in [6.45, 7) is 5.06. The van der Waals surface area contributed by atoms with Gasteiger partial charge >= 0.3 is 0 Å². The first kappa shape index (κ1) is 17.9. The summed E-state index contributed by atoms with van der Waals surface area (Å²) in [6.07, 6.45) is 0. The molecule has 1 aromatic carbocycles. The lowest BCUT2D eigenvalue weighted by Crippen LogP contribution is -2.39. The molecule has 0 aliphatic heterocycles. The molecule has 0 bridgehead atoms. The minimum atomic E-state index is -3.56. The molecule has 0 aliphatic carbocycles. The van der Waals surface area contributed by atoms with Gasteiger partial charge in [0, 0.05) is 24.7 Å². The third-order valence-electron chi connectivity index (χ3n) is 2.86. The smallest absolute Gasteiger partial charge is 0.240 e. The van der Waals surface area contributed by atoms with Crippen molar-refractivity contribution in [3.63, 3.8) is 0 Å². The van der Waals surface area contributed by atoms with Crippen LogP contribution >= 0.6 is 0 Å². The number of benzene rings is 1. The summed E-state index contributed by atoms with van der Waals surface area (Å²) < 4.78 is 32.8. The van der Waals surface area contributed by atoms with Gasteiger partial charge in [-0.1, -0.05) is 0 Å². The van der Waals surface area contributed by atoms with Crippen molar-refractivity contribution in [3.05, 3.63) is 23.8 Å². The van der Waals surface area contributed by atoms with E-state index in [2.05, 4.69) is 4.72 Å². The van der Waals surface area contributed by atoms with Gasteiger partial charge in [-0.05, 0) is 46.1 Å². The summed E-state index contributed by atoms with van der Waals surface area (Å²) in [5, 5.41) is 0. The number of ether oxygens (including phenoxy) is 1. The third kappa shape index (κ3) is 5.28.